The number of amides is 3. The Bertz CT molecular complexity index is 1370. The average Bonchev–Trinajstić information content (AvgIpc) is 3.36. The van der Waals surface area contributed by atoms with E-state index < -0.39 is 11.8 Å². The van der Waals surface area contributed by atoms with Gasteiger partial charge in [0.2, 0.25) is 5.91 Å². The molecule has 0 aliphatic carbocycles. The minimum Gasteiger partial charge on any atom is -0.497 e. The second kappa shape index (κ2) is 11.5. The predicted octanol–water partition coefficient (Wildman–Crippen LogP) is 4.35. The number of methoxy groups -OCH3 is 1. The molecule has 0 aromatic heterocycles. The van der Waals surface area contributed by atoms with Crippen molar-refractivity contribution in [3.05, 3.63) is 101 Å². The number of nitrogens with one attached hydrogen (secondary N) is 1. The maximum atomic E-state index is 14.1. The first kappa shape index (κ1) is 27.4. The molecule has 2 heterocycles. The third-order valence-corrected chi connectivity index (χ3v) is 7.98. The van der Waals surface area contributed by atoms with Crippen molar-refractivity contribution in [3.63, 3.8) is 0 Å². The Morgan fingerprint density at radius 3 is 2.23 bits per heavy atom. The van der Waals surface area contributed by atoms with Crippen LogP contribution in [0, 0.1) is 6.92 Å². The fraction of sp³-hybridized carbons (Fsp3) is 0.344. The molecule has 0 radical (unpaired) electrons. The van der Waals surface area contributed by atoms with E-state index in [1.54, 1.807) is 47.2 Å². The van der Waals surface area contributed by atoms with Crippen molar-refractivity contribution in [1.82, 2.24) is 15.1 Å². The Labute approximate surface area is 234 Å². The van der Waals surface area contributed by atoms with E-state index in [4.69, 9.17) is 9.47 Å². The average molecular weight is 542 g/mol. The number of rotatable bonds is 6. The second-order valence-electron chi connectivity index (χ2n) is 10.4. The zero-order chi connectivity index (χ0) is 28.3. The number of hydrogen-bond acceptors (Lipinski definition) is 5. The molecule has 8 heteroatoms. The predicted molar refractivity (Wildman–Crippen MR) is 151 cm³/mol. The fourth-order valence-corrected chi connectivity index (χ4v) is 5.62. The van der Waals surface area contributed by atoms with Crippen LogP contribution >= 0.6 is 0 Å². The van der Waals surface area contributed by atoms with Crippen LogP contribution in [0.4, 0.5) is 0 Å². The number of piperidine rings is 1. The van der Waals surface area contributed by atoms with Gasteiger partial charge in [0.15, 0.2) is 0 Å². The molecule has 2 unspecified atom stereocenters. The molecule has 2 aliphatic heterocycles. The molecule has 3 aromatic rings. The Morgan fingerprint density at radius 1 is 0.925 bits per heavy atom. The highest BCUT2D eigenvalue weighted by Gasteiger charge is 2.54. The van der Waals surface area contributed by atoms with E-state index in [-0.39, 0.29) is 30.4 Å². The topological polar surface area (TPSA) is 88.2 Å². The molecule has 2 atom stereocenters. The van der Waals surface area contributed by atoms with Crippen molar-refractivity contribution in [2.24, 2.45) is 0 Å². The largest absolute Gasteiger partial charge is 0.497 e. The normalized spacial score (nSPS) is 18.8. The van der Waals surface area contributed by atoms with Gasteiger partial charge in [-0.3, -0.25) is 19.3 Å². The lowest BCUT2D eigenvalue weighted by molar-refractivity contribution is -0.128. The molecular formula is C32H35N3O5. The first-order valence-electron chi connectivity index (χ1n) is 13.6. The highest BCUT2D eigenvalue weighted by molar-refractivity contribution is 5.99. The van der Waals surface area contributed by atoms with Gasteiger partial charge in [0.25, 0.3) is 11.8 Å². The summed E-state index contributed by atoms with van der Waals surface area (Å²) in [5, 5.41) is 3.08. The van der Waals surface area contributed by atoms with Gasteiger partial charge in [0.1, 0.15) is 17.5 Å². The minimum absolute atomic E-state index is 0.0849. The van der Waals surface area contributed by atoms with Gasteiger partial charge in [-0.15, -0.1) is 0 Å². The molecule has 1 N–H and O–H groups in total. The summed E-state index contributed by atoms with van der Waals surface area (Å²) in [4.78, 5) is 44.3. The van der Waals surface area contributed by atoms with E-state index in [9.17, 15) is 14.4 Å². The number of nitrogens with zero attached hydrogens (tertiary/aromatic N) is 2. The smallest absolute Gasteiger partial charge is 0.257 e. The maximum Gasteiger partial charge on any atom is 0.257 e. The minimum atomic E-state index is -0.978. The molecule has 8 nitrogen and oxygen atoms in total. The van der Waals surface area contributed by atoms with Crippen molar-refractivity contribution < 1.29 is 23.9 Å². The van der Waals surface area contributed by atoms with Crippen LogP contribution in [0.1, 0.15) is 57.7 Å². The summed E-state index contributed by atoms with van der Waals surface area (Å²) in [5.74, 6) is 0.105. The standard InChI is InChI=1S/C32H35N3O5/c1-22-9-7-8-12-27(22)31(38)35-28(29(36)33-23(2)24-10-5-4-6-11-24)21-40-32(35)17-19-34(20-18-32)30(37)25-13-15-26(39-3)16-14-25/h4-16,23,28H,17-21H2,1-3H3,(H,33,36). The summed E-state index contributed by atoms with van der Waals surface area (Å²) in [5.41, 5.74) is 1.95. The van der Waals surface area contributed by atoms with Crippen LogP contribution in [0.5, 0.6) is 5.75 Å². The van der Waals surface area contributed by atoms with Crippen molar-refractivity contribution >= 4 is 17.7 Å². The molecule has 40 heavy (non-hydrogen) atoms. The molecule has 1 spiro atoms. The van der Waals surface area contributed by atoms with Crippen LogP contribution in [0.2, 0.25) is 0 Å². The number of ether oxygens (including phenoxy) is 2. The number of carbonyl (C=O) groups is 3. The molecule has 0 bridgehead atoms. The van der Waals surface area contributed by atoms with Gasteiger partial charge in [-0.05, 0) is 55.3 Å². The molecular weight excluding hydrogens is 506 g/mol. The lowest BCUT2D eigenvalue weighted by atomic mass is 9.95. The van der Waals surface area contributed by atoms with Crippen molar-refractivity contribution in [1.29, 1.82) is 0 Å². The number of aryl methyl sites for hydroxylation is 1. The maximum absolute atomic E-state index is 14.1. The molecule has 0 saturated carbocycles. The summed E-state index contributed by atoms with van der Waals surface area (Å²) in [7, 11) is 1.59. The van der Waals surface area contributed by atoms with E-state index in [1.165, 1.54) is 0 Å². The van der Waals surface area contributed by atoms with E-state index in [0.717, 1.165) is 11.1 Å². The molecule has 5 rings (SSSR count). The highest BCUT2D eigenvalue weighted by Crippen LogP contribution is 2.39. The van der Waals surface area contributed by atoms with Crippen LogP contribution < -0.4 is 10.1 Å². The summed E-state index contributed by atoms with van der Waals surface area (Å²) < 4.78 is 11.6. The Kier molecular flexibility index (Phi) is 7.89. The van der Waals surface area contributed by atoms with Crippen molar-refractivity contribution in [2.45, 2.75) is 44.5 Å². The van der Waals surface area contributed by atoms with E-state index in [0.29, 0.717) is 42.8 Å². The Balaban J connectivity index is 1.37. The molecule has 208 valence electrons. The van der Waals surface area contributed by atoms with Gasteiger partial charge in [-0.1, -0.05) is 48.5 Å². The SMILES string of the molecule is COc1ccc(C(=O)N2CCC3(CC2)OCC(C(=O)NC(C)c2ccccc2)N3C(=O)c2ccccc2C)cc1. The van der Waals surface area contributed by atoms with Crippen LogP contribution in [-0.4, -0.2) is 66.1 Å². The number of benzene rings is 3. The van der Waals surface area contributed by atoms with E-state index >= 15 is 0 Å². The first-order valence-corrected chi connectivity index (χ1v) is 13.6. The summed E-state index contributed by atoms with van der Waals surface area (Å²) >= 11 is 0. The Hall–Kier alpha value is -4.17. The van der Waals surface area contributed by atoms with Gasteiger partial charge < -0.3 is 19.7 Å². The second-order valence-corrected chi connectivity index (χ2v) is 10.4. The highest BCUT2D eigenvalue weighted by atomic mass is 16.5. The van der Waals surface area contributed by atoms with Gasteiger partial charge in [-0.2, -0.15) is 0 Å². The van der Waals surface area contributed by atoms with Crippen LogP contribution in [0.25, 0.3) is 0 Å². The number of carbonyl (C=O) groups excluding carboxylic acids is 3. The molecule has 2 saturated heterocycles. The summed E-state index contributed by atoms with van der Waals surface area (Å²) in [6, 6.07) is 23.1. The molecule has 2 fully saturated rings. The fourth-order valence-electron chi connectivity index (χ4n) is 5.62. The van der Waals surface area contributed by atoms with Crippen LogP contribution in [0.15, 0.2) is 78.9 Å². The Morgan fingerprint density at radius 2 is 1.57 bits per heavy atom. The first-order chi connectivity index (χ1) is 19.3. The van der Waals surface area contributed by atoms with Crippen molar-refractivity contribution in [3.8, 4) is 5.75 Å². The van der Waals surface area contributed by atoms with E-state index in [2.05, 4.69) is 5.32 Å². The molecule has 3 aromatic carbocycles. The summed E-state index contributed by atoms with van der Waals surface area (Å²) in [6.07, 6.45) is 0.815. The van der Waals surface area contributed by atoms with Crippen molar-refractivity contribution in [2.75, 3.05) is 26.8 Å². The summed E-state index contributed by atoms with van der Waals surface area (Å²) in [6.45, 7) is 4.71. The van der Waals surface area contributed by atoms with Crippen LogP contribution in [-0.2, 0) is 9.53 Å². The third-order valence-electron chi connectivity index (χ3n) is 7.98. The number of hydrogen-bond donors (Lipinski definition) is 1. The van der Waals surface area contributed by atoms with Gasteiger partial charge in [0.05, 0.1) is 19.8 Å². The third kappa shape index (κ3) is 5.31. The monoisotopic (exact) mass is 541 g/mol. The quantitative estimate of drug-likeness (QED) is 0.501. The molecule has 2 aliphatic rings. The van der Waals surface area contributed by atoms with Gasteiger partial charge in [0, 0.05) is 37.1 Å². The van der Waals surface area contributed by atoms with Gasteiger partial charge in [-0.25, -0.2) is 0 Å². The number of likely N-dealkylation sites (tertiary alicyclic amines) is 1. The lowest BCUT2D eigenvalue weighted by Gasteiger charge is -2.44. The zero-order valence-corrected chi connectivity index (χ0v) is 23.1. The lowest BCUT2D eigenvalue weighted by Crippen LogP contribution is -2.60. The zero-order valence-electron chi connectivity index (χ0n) is 23.1. The van der Waals surface area contributed by atoms with E-state index in [1.807, 2.05) is 62.4 Å². The van der Waals surface area contributed by atoms with Crippen LogP contribution in [0.3, 0.4) is 0 Å². The van der Waals surface area contributed by atoms with Gasteiger partial charge >= 0.3 is 0 Å². The molecule has 3 amide bonds.